The van der Waals surface area contributed by atoms with E-state index in [1.807, 2.05) is 32.9 Å². The lowest BCUT2D eigenvalue weighted by Gasteiger charge is -2.16. The molecule has 0 radical (unpaired) electrons. The Hall–Kier alpha value is -1.02. The molecule has 0 aliphatic carbocycles. The van der Waals surface area contributed by atoms with Crippen LogP contribution < -0.4 is 4.74 Å². The average molecular weight is 222 g/mol. The van der Waals surface area contributed by atoms with Crippen LogP contribution in [0, 0.1) is 13.8 Å². The van der Waals surface area contributed by atoms with Crippen molar-refractivity contribution in [1.29, 1.82) is 0 Å². The first-order valence-corrected chi connectivity index (χ1v) is 6.02. The molecule has 0 fully saturated rings. The molecule has 0 bridgehead atoms. The smallest absolute Gasteiger partial charge is 0.122 e. The van der Waals surface area contributed by atoms with Crippen molar-refractivity contribution >= 4 is 0 Å². The van der Waals surface area contributed by atoms with Gasteiger partial charge in [0.2, 0.25) is 0 Å². The van der Waals surface area contributed by atoms with Crippen LogP contribution in [0.2, 0.25) is 0 Å². The van der Waals surface area contributed by atoms with Crippen molar-refractivity contribution in [2.75, 3.05) is 6.61 Å². The number of hydrogen-bond donors (Lipinski definition) is 1. The molecule has 1 rings (SSSR count). The fourth-order valence-corrected chi connectivity index (χ4v) is 1.91. The van der Waals surface area contributed by atoms with Crippen molar-refractivity contribution in [2.24, 2.45) is 0 Å². The van der Waals surface area contributed by atoms with Gasteiger partial charge in [-0.1, -0.05) is 13.3 Å². The van der Waals surface area contributed by atoms with Crippen molar-refractivity contribution in [2.45, 2.75) is 46.6 Å². The van der Waals surface area contributed by atoms with E-state index in [1.54, 1.807) is 0 Å². The molecule has 0 amide bonds. The number of aliphatic hydroxyl groups excluding tert-OH is 1. The monoisotopic (exact) mass is 222 g/mol. The molecule has 0 saturated carbocycles. The Balaban J connectivity index is 3.00. The van der Waals surface area contributed by atoms with Gasteiger partial charge in [0.25, 0.3) is 0 Å². The zero-order valence-electron chi connectivity index (χ0n) is 10.7. The van der Waals surface area contributed by atoms with Crippen LogP contribution in [0.3, 0.4) is 0 Å². The number of ether oxygens (including phenoxy) is 1. The minimum absolute atomic E-state index is 0.348. The first kappa shape index (κ1) is 13.0. The van der Waals surface area contributed by atoms with Crippen LogP contribution in [-0.4, -0.2) is 11.7 Å². The van der Waals surface area contributed by atoms with Crippen LogP contribution in [0.5, 0.6) is 5.75 Å². The minimum atomic E-state index is -0.348. The Kier molecular flexibility index (Phi) is 4.81. The maximum atomic E-state index is 10.0. The molecule has 1 atom stereocenters. The van der Waals surface area contributed by atoms with Crippen LogP contribution in [0.25, 0.3) is 0 Å². The molecule has 0 aliphatic heterocycles. The highest BCUT2D eigenvalue weighted by atomic mass is 16.5. The quantitative estimate of drug-likeness (QED) is 0.825. The van der Waals surface area contributed by atoms with Gasteiger partial charge < -0.3 is 9.84 Å². The summed E-state index contributed by atoms with van der Waals surface area (Å²) in [7, 11) is 0. The summed E-state index contributed by atoms with van der Waals surface area (Å²) in [4.78, 5) is 0. The van der Waals surface area contributed by atoms with Crippen LogP contribution in [0.1, 0.15) is 49.5 Å². The van der Waals surface area contributed by atoms with E-state index in [9.17, 15) is 5.11 Å². The lowest BCUT2D eigenvalue weighted by Crippen LogP contribution is -2.02. The predicted octanol–water partition coefficient (Wildman–Crippen LogP) is 3.54. The largest absolute Gasteiger partial charge is 0.494 e. The van der Waals surface area contributed by atoms with Crippen molar-refractivity contribution in [1.82, 2.24) is 0 Å². The second kappa shape index (κ2) is 5.90. The van der Waals surface area contributed by atoms with Crippen LogP contribution >= 0.6 is 0 Å². The normalized spacial score (nSPS) is 12.6. The summed E-state index contributed by atoms with van der Waals surface area (Å²) in [6.45, 7) is 8.79. The SMILES string of the molecule is CCCC(O)c1cc(C)c(OCC)cc1C. The lowest BCUT2D eigenvalue weighted by atomic mass is 9.97. The lowest BCUT2D eigenvalue weighted by molar-refractivity contribution is 0.165. The summed E-state index contributed by atoms with van der Waals surface area (Å²) in [5.41, 5.74) is 3.23. The van der Waals surface area contributed by atoms with Gasteiger partial charge >= 0.3 is 0 Å². The van der Waals surface area contributed by atoms with Crippen LogP contribution in [0.15, 0.2) is 12.1 Å². The molecule has 0 aliphatic rings. The maximum absolute atomic E-state index is 10.0. The van der Waals surface area contributed by atoms with Gasteiger partial charge in [0.05, 0.1) is 12.7 Å². The van der Waals surface area contributed by atoms with E-state index < -0.39 is 0 Å². The first-order chi connectivity index (χ1) is 7.60. The molecule has 0 heterocycles. The van der Waals surface area contributed by atoms with E-state index >= 15 is 0 Å². The highest BCUT2D eigenvalue weighted by molar-refractivity contribution is 5.42. The Morgan fingerprint density at radius 3 is 2.44 bits per heavy atom. The molecule has 90 valence electrons. The number of hydrogen-bond acceptors (Lipinski definition) is 2. The fraction of sp³-hybridized carbons (Fsp3) is 0.571. The van der Waals surface area contributed by atoms with Gasteiger partial charge in [-0.15, -0.1) is 0 Å². The molecule has 2 nitrogen and oxygen atoms in total. The third-order valence-electron chi connectivity index (χ3n) is 2.78. The fourth-order valence-electron chi connectivity index (χ4n) is 1.91. The van der Waals surface area contributed by atoms with Gasteiger partial charge in [-0.25, -0.2) is 0 Å². The van der Waals surface area contributed by atoms with Gasteiger partial charge in [-0.3, -0.25) is 0 Å². The molecule has 1 unspecified atom stereocenters. The summed E-state index contributed by atoms with van der Waals surface area (Å²) in [6, 6.07) is 4.06. The molecule has 1 aromatic carbocycles. The van der Waals surface area contributed by atoms with E-state index in [2.05, 4.69) is 6.92 Å². The van der Waals surface area contributed by atoms with E-state index in [0.29, 0.717) is 6.61 Å². The molecule has 0 aromatic heterocycles. The Morgan fingerprint density at radius 1 is 1.19 bits per heavy atom. The zero-order valence-corrected chi connectivity index (χ0v) is 10.7. The van der Waals surface area contributed by atoms with Gasteiger partial charge in [0.1, 0.15) is 5.75 Å². The van der Waals surface area contributed by atoms with Crippen molar-refractivity contribution in [3.8, 4) is 5.75 Å². The summed E-state index contributed by atoms with van der Waals surface area (Å²) in [5.74, 6) is 0.924. The molecular weight excluding hydrogens is 200 g/mol. The molecule has 1 N–H and O–H groups in total. The molecule has 1 aromatic rings. The number of rotatable bonds is 5. The number of benzene rings is 1. The second-order valence-electron chi connectivity index (χ2n) is 4.21. The molecule has 2 heteroatoms. The summed E-state index contributed by atoms with van der Waals surface area (Å²) < 4.78 is 5.53. The summed E-state index contributed by atoms with van der Waals surface area (Å²) in [6.07, 6.45) is 1.46. The third kappa shape index (κ3) is 2.99. The first-order valence-electron chi connectivity index (χ1n) is 6.02. The number of aryl methyl sites for hydroxylation is 2. The Morgan fingerprint density at radius 2 is 1.88 bits per heavy atom. The zero-order chi connectivity index (χ0) is 12.1. The molecule has 0 saturated heterocycles. The summed E-state index contributed by atoms with van der Waals surface area (Å²) >= 11 is 0. The van der Waals surface area contributed by atoms with E-state index in [0.717, 1.165) is 35.3 Å². The van der Waals surface area contributed by atoms with Gasteiger partial charge in [0, 0.05) is 0 Å². The topological polar surface area (TPSA) is 29.5 Å². The highest BCUT2D eigenvalue weighted by Gasteiger charge is 2.12. The standard InChI is InChI=1S/C14H22O2/c1-5-7-13(15)12-8-11(4)14(16-6-2)9-10(12)3/h8-9,13,15H,5-7H2,1-4H3. The molecule has 16 heavy (non-hydrogen) atoms. The maximum Gasteiger partial charge on any atom is 0.122 e. The Bertz CT molecular complexity index is 345. The minimum Gasteiger partial charge on any atom is -0.494 e. The predicted molar refractivity (Wildman–Crippen MR) is 67.0 cm³/mol. The van der Waals surface area contributed by atoms with Crippen molar-refractivity contribution < 1.29 is 9.84 Å². The van der Waals surface area contributed by atoms with Gasteiger partial charge in [-0.05, 0) is 56.0 Å². The van der Waals surface area contributed by atoms with E-state index in [4.69, 9.17) is 4.74 Å². The van der Waals surface area contributed by atoms with Crippen LogP contribution in [0.4, 0.5) is 0 Å². The average Bonchev–Trinajstić information content (AvgIpc) is 2.23. The van der Waals surface area contributed by atoms with E-state index in [1.165, 1.54) is 0 Å². The second-order valence-corrected chi connectivity index (χ2v) is 4.21. The van der Waals surface area contributed by atoms with Crippen molar-refractivity contribution in [3.05, 3.63) is 28.8 Å². The third-order valence-corrected chi connectivity index (χ3v) is 2.78. The highest BCUT2D eigenvalue weighted by Crippen LogP contribution is 2.28. The Labute approximate surface area is 98.3 Å². The van der Waals surface area contributed by atoms with E-state index in [-0.39, 0.29) is 6.10 Å². The number of aliphatic hydroxyl groups is 1. The summed E-state index contributed by atoms with van der Waals surface area (Å²) in [5, 5.41) is 10.0. The van der Waals surface area contributed by atoms with Gasteiger partial charge in [0.15, 0.2) is 0 Å². The van der Waals surface area contributed by atoms with Gasteiger partial charge in [-0.2, -0.15) is 0 Å². The molecule has 0 spiro atoms. The molecular formula is C14H22O2. The van der Waals surface area contributed by atoms with Crippen LogP contribution in [-0.2, 0) is 0 Å². The van der Waals surface area contributed by atoms with Crippen molar-refractivity contribution in [3.63, 3.8) is 0 Å².